The predicted octanol–water partition coefficient (Wildman–Crippen LogP) is 0.846. The Morgan fingerprint density at radius 1 is 1.85 bits per heavy atom. The second kappa shape index (κ2) is 4.29. The average Bonchev–Trinajstić information content (AvgIpc) is 2.52. The molecule has 0 saturated carbocycles. The van der Waals surface area contributed by atoms with E-state index in [-0.39, 0.29) is 22.8 Å². The van der Waals surface area contributed by atoms with Crippen molar-refractivity contribution in [1.82, 2.24) is 4.98 Å². The van der Waals surface area contributed by atoms with E-state index in [1.54, 1.807) is 6.92 Å². The van der Waals surface area contributed by atoms with Gasteiger partial charge in [0.25, 0.3) is 5.22 Å². The van der Waals surface area contributed by atoms with Crippen molar-refractivity contribution in [3.05, 3.63) is 12.0 Å². The van der Waals surface area contributed by atoms with Crippen LogP contribution in [0.15, 0.2) is 15.9 Å². The minimum Gasteiger partial charge on any atom is -0.476 e. The van der Waals surface area contributed by atoms with Crippen molar-refractivity contribution in [3.63, 3.8) is 0 Å². The molecule has 1 atom stereocenters. The molecule has 2 N–H and O–H groups in total. The van der Waals surface area contributed by atoms with Crippen molar-refractivity contribution in [1.29, 1.82) is 0 Å². The van der Waals surface area contributed by atoms with Crippen molar-refractivity contribution >= 4 is 17.7 Å². The van der Waals surface area contributed by atoms with Crippen LogP contribution in [0.25, 0.3) is 0 Å². The standard InChI is InChI=1S/C7H9NO4S/c1-4(2-9)13-7-8-5(3-12-7)6(10)11/h3-4,9H,2H2,1H3,(H,10,11). The zero-order chi connectivity index (χ0) is 9.84. The van der Waals surface area contributed by atoms with Gasteiger partial charge in [0.15, 0.2) is 5.69 Å². The molecule has 0 bridgehead atoms. The molecule has 1 rings (SSSR count). The summed E-state index contributed by atoms with van der Waals surface area (Å²) in [5, 5.41) is 17.4. The van der Waals surface area contributed by atoms with Gasteiger partial charge in [-0.3, -0.25) is 0 Å². The van der Waals surface area contributed by atoms with Gasteiger partial charge in [0.05, 0.1) is 6.61 Å². The molecule has 0 aliphatic heterocycles. The van der Waals surface area contributed by atoms with E-state index in [0.717, 1.165) is 6.26 Å². The number of aliphatic hydroxyl groups excluding tert-OH is 1. The number of rotatable bonds is 4. The number of hydrogen-bond donors (Lipinski definition) is 2. The van der Waals surface area contributed by atoms with Crippen LogP contribution in [0.4, 0.5) is 0 Å². The fraction of sp³-hybridized carbons (Fsp3) is 0.429. The zero-order valence-corrected chi connectivity index (χ0v) is 7.74. The van der Waals surface area contributed by atoms with E-state index in [9.17, 15) is 4.79 Å². The molecule has 72 valence electrons. The minimum atomic E-state index is -1.12. The maximum Gasteiger partial charge on any atom is 0.357 e. The molecule has 0 aliphatic rings. The third-order valence-corrected chi connectivity index (χ3v) is 2.20. The summed E-state index contributed by atoms with van der Waals surface area (Å²) in [4.78, 5) is 14.1. The number of oxazole rings is 1. The van der Waals surface area contributed by atoms with Crippen molar-refractivity contribution in [2.75, 3.05) is 6.61 Å². The summed E-state index contributed by atoms with van der Waals surface area (Å²) < 4.78 is 4.86. The van der Waals surface area contributed by atoms with Crippen LogP contribution in [0, 0.1) is 0 Å². The lowest BCUT2D eigenvalue weighted by atomic mass is 10.5. The summed E-state index contributed by atoms with van der Waals surface area (Å²) in [6, 6.07) is 0. The van der Waals surface area contributed by atoms with Gasteiger partial charge in [0.2, 0.25) is 0 Å². The number of aliphatic hydroxyl groups is 1. The van der Waals surface area contributed by atoms with Crippen LogP contribution in [0.2, 0.25) is 0 Å². The molecule has 0 spiro atoms. The van der Waals surface area contributed by atoms with Gasteiger partial charge < -0.3 is 14.6 Å². The van der Waals surface area contributed by atoms with Gasteiger partial charge in [-0.1, -0.05) is 18.7 Å². The first-order valence-corrected chi connectivity index (χ1v) is 4.47. The number of carboxylic acids is 1. The number of carboxylic acid groups (broad SMARTS) is 1. The SMILES string of the molecule is CC(CO)Sc1nc(C(=O)O)co1. The van der Waals surface area contributed by atoms with Gasteiger partial charge in [-0.2, -0.15) is 4.98 Å². The molecule has 6 heteroatoms. The van der Waals surface area contributed by atoms with Crippen LogP contribution in [-0.4, -0.2) is 33.0 Å². The molecule has 0 fully saturated rings. The Morgan fingerprint density at radius 2 is 2.54 bits per heavy atom. The highest BCUT2D eigenvalue weighted by molar-refractivity contribution is 7.99. The van der Waals surface area contributed by atoms with Crippen molar-refractivity contribution in [2.24, 2.45) is 0 Å². The summed E-state index contributed by atoms with van der Waals surface area (Å²) >= 11 is 1.19. The predicted molar refractivity (Wildman–Crippen MR) is 45.9 cm³/mol. The summed E-state index contributed by atoms with van der Waals surface area (Å²) in [5.74, 6) is -1.12. The van der Waals surface area contributed by atoms with E-state index in [2.05, 4.69) is 4.98 Å². The fourth-order valence-electron chi connectivity index (χ4n) is 0.619. The van der Waals surface area contributed by atoms with E-state index >= 15 is 0 Å². The first-order valence-electron chi connectivity index (χ1n) is 3.60. The number of carbonyl (C=O) groups is 1. The Hall–Kier alpha value is -1.01. The first kappa shape index (κ1) is 10.1. The molecule has 0 radical (unpaired) electrons. The van der Waals surface area contributed by atoms with Crippen LogP contribution in [-0.2, 0) is 0 Å². The third kappa shape index (κ3) is 2.74. The summed E-state index contributed by atoms with van der Waals surface area (Å²) in [6.07, 6.45) is 1.08. The summed E-state index contributed by atoms with van der Waals surface area (Å²) in [6.45, 7) is 1.78. The van der Waals surface area contributed by atoms with Crippen LogP contribution in [0.1, 0.15) is 17.4 Å². The largest absolute Gasteiger partial charge is 0.476 e. The second-order valence-corrected chi connectivity index (χ2v) is 3.80. The molecule has 1 aromatic heterocycles. The van der Waals surface area contributed by atoms with Gasteiger partial charge in [0, 0.05) is 5.25 Å². The van der Waals surface area contributed by atoms with Crippen molar-refractivity contribution in [2.45, 2.75) is 17.4 Å². The topological polar surface area (TPSA) is 83.6 Å². The highest BCUT2D eigenvalue weighted by atomic mass is 32.2. The number of thioether (sulfide) groups is 1. The highest BCUT2D eigenvalue weighted by Gasteiger charge is 2.12. The van der Waals surface area contributed by atoms with E-state index in [1.807, 2.05) is 0 Å². The lowest BCUT2D eigenvalue weighted by Gasteiger charge is -2.01. The molecular formula is C7H9NO4S. The van der Waals surface area contributed by atoms with Crippen molar-refractivity contribution in [3.8, 4) is 0 Å². The Labute approximate surface area is 78.8 Å². The second-order valence-electron chi connectivity index (χ2n) is 2.41. The maximum absolute atomic E-state index is 10.4. The number of nitrogens with zero attached hydrogens (tertiary/aromatic N) is 1. The number of aromatic carboxylic acids is 1. The fourth-order valence-corrected chi connectivity index (χ4v) is 1.29. The van der Waals surface area contributed by atoms with E-state index < -0.39 is 5.97 Å². The van der Waals surface area contributed by atoms with Crippen LogP contribution < -0.4 is 0 Å². The smallest absolute Gasteiger partial charge is 0.357 e. The molecule has 0 amide bonds. The number of aromatic nitrogens is 1. The van der Waals surface area contributed by atoms with Gasteiger partial charge in [-0.25, -0.2) is 4.79 Å². The summed E-state index contributed by atoms with van der Waals surface area (Å²) in [5.41, 5.74) is -0.118. The van der Waals surface area contributed by atoms with Crippen LogP contribution in [0.3, 0.4) is 0 Å². The van der Waals surface area contributed by atoms with Gasteiger partial charge >= 0.3 is 5.97 Å². The molecule has 1 heterocycles. The molecule has 1 unspecified atom stereocenters. The average molecular weight is 203 g/mol. The molecule has 13 heavy (non-hydrogen) atoms. The lowest BCUT2D eigenvalue weighted by Crippen LogP contribution is -2.02. The van der Waals surface area contributed by atoms with Crippen LogP contribution >= 0.6 is 11.8 Å². The molecule has 0 aliphatic carbocycles. The first-order chi connectivity index (χ1) is 6.13. The maximum atomic E-state index is 10.4. The summed E-state index contributed by atoms with van der Waals surface area (Å²) in [7, 11) is 0. The molecular weight excluding hydrogens is 194 g/mol. The van der Waals surface area contributed by atoms with Gasteiger partial charge in [-0.15, -0.1) is 0 Å². The normalized spacial score (nSPS) is 12.8. The Balaban J connectivity index is 2.64. The van der Waals surface area contributed by atoms with E-state index in [0.29, 0.717) is 0 Å². The lowest BCUT2D eigenvalue weighted by molar-refractivity contribution is 0.0690. The van der Waals surface area contributed by atoms with Gasteiger partial charge in [0.1, 0.15) is 6.26 Å². The Kier molecular flexibility index (Phi) is 3.32. The quantitative estimate of drug-likeness (QED) is 0.705. The monoisotopic (exact) mass is 203 g/mol. The molecule has 5 nitrogen and oxygen atoms in total. The third-order valence-electron chi connectivity index (χ3n) is 1.26. The highest BCUT2D eigenvalue weighted by Crippen LogP contribution is 2.21. The van der Waals surface area contributed by atoms with Gasteiger partial charge in [-0.05, 0) is 0 Å². The molecule has 0 saturated heterocycles. The molecule has 1 aromatic rings. The molecule has 0 aromatic carbocycles. The van der Waals surface area contributed by atoms with E-state index in [1.165, 1.54) is 11.8 Å². The Morgan fingerprint density at radius 3 is 3.00 bits per heavy atom. The Bertz CT molecular complexity index is 298. The van der Waals surface area contributed by atoms with Crippen LogP contribution in [0.5, 0.6) is 0 Å². The minimum absolute atomic E-state index is 0.00451. The van der Waals surface area contributed by atoms with E-state index in [4.69, 9.17) is 14.6 Å². The zero-order valence-electron chi connectivity index (χ0n) is 6.93. The van der Waals surface area contributed by atoms with Crippen molar-refractivity contribution < 1.29 is 19.4 Å². The number of hydrogen-bond acceptors (Lipinski definition) is 5.